The van der Waals surface area contributed by atoms with Crippen LogP contribution < -0.4 is 21.2 Å². The van der Waals surface area contributed by atoms with Crippen LogP contribution in [0.2, 0.25) is 0 Å². The number of Topliss-reactive ketones (excluding diaryl/α,β-unsaturated/α-hetero) is 1. The molecule has 0 bridgehead atoms. The van der Waals surface area contributed by atoms with Gasteiger partial charge in [-0.05, 0) is 40.3 Å². The Morgan fingerprint density at radius 3 is 1.48 bits per heavy atom. The molecule has 0 spiro atoms. The average molecular weight is 597 g/mol. The van der Waals surface area contributed by atoms with Gasteiger partial charge in [-0.2, -0.15) is 5.26 Å². The largest absolute Gasteiger partial charge is 0.445 e. The zero-order valence-corrected chi connectivity index (χ0v) is 25.1. The fourth-order valence-electron chi connectivity index (χ4n) is 5.44. The summed E-state index contributed by atoms with van der Waals surface area (Å²) < 4.78 is 5.51. The maximum Gasteiger partial charge on any atom is 0.407 e. The minimum atomic E-state index is -2.88. The van der Waals surface area contributed by atoms with Crippen molar-refractivity contribution in [2.75, 3.05) is 0 Å². The summed E-state index contributed by atoms with van der Waals surface area (Å²) in [5.74, 6) is -0.304. The van der Waals surface area contributed by atoms with Crippen molar-refractivity contribution in [2.24, 2.45) is 0 Å². The van der Waals surface area contributed by atoms with Crippen molar-refractivity contribution in [3.8, 4) is 6.07 Å². The van der Waals surface area contributed by atoms with Gasteiger partial charge in [0.2, 0.25) is 0 Å². The third-order valence-corrected chi connectivity index (χ3v) is 11.7. The van der Waals surface area contributed by atoms with Gasteiger partial charge in [-0.15, -0.1) is 0 Å². The quantitative estimate of drug-likeness (QED) is 0.185. The Labute approximate surface area is 258 Å². The number of hydrogen-bond donors (Lipinski definition) is 1. The number of rotatable bonds is 11. The number of nitrogens with zero attached hydrogens (tertiary/aromatic N) is 1. The van der Waals surface area contributed by atoms with E-state index in [-0.39, 0.29) is 24.1 Å². The number of hydrogen-bond acceptors (Lipinski definition) is 4. The SMILES string of the molecule is N#CC(C(=O)C[C@H](Cc1ccccc1)NC(=O)OCc1ccccc1)=P(c1ccccc1)(c1ccccc1)c1ccccc1. The summed E-state index contributed by atoms with van der Waals surface area (Å²) in [6.07, 6.45) is -0.276. The number of nitriles is 1. The van der Waals surface area contributed by atoms with E-state index in [1.807, 2.05) is 152 Å². The second kappa shape index (κ2) is 14.8. The monoisotopic (exact) mass is 596 g/mol. The van der Waals surface area contributed by atoms with Gasteiger partial charge in [-0.25, -0.2) is 4.79 Å². The lowest BCUT2D eigenvalue weighted by Gasteiger charge is -2.30. The summed E-state index contributed by atoms with van der Waals surface area (Å²) in [7, 11) is 0. The van der Waals surface area contributed by atoms with Crippen LogP contribution in [0.25, 0.3) is 0 Å². The van der Waals surface area contributed by atoms with Gasteiger partial charge in [-0.1, -0.05) is 152 Å². The molecular weight excluding hydrogens is 563 g/mol. The summed E-state index contributed by atoms with van der Waals surface area (Å²) in [5.41, 5.74) is 1.82. The van der Waals surface area contributed by atoms with Crippen LogP contribution in [-0.4, -0.2) is 23.2 Å². The fourth-order valence-corrected chi connectivity index (χ4v) is 9.58. The van der Waals surface area contributed by atoms with Gasteiger partial charge in [0, 0.05) is 12.5 Å². The predicted octanol–water partition coefficient (Wildman–Crippen LogP) is 6.17. The summed E-state index contributed by atoms with van der Waals surface area (Å²) in [6.45, 7) is -2.77. The minimum absolute atomic E-state index is 0.0630. The highest BCUT2D eigenvalue weighted by Crippen LogP contribution is 2.46. The number of alkyl carbamates (subject to hydrolysis) is 1. The molecule has 0 heterocycles. The second-order valence-corrected chi connectivity index (χ2v) is 13.7. The van der Waals surface area contributed by atoms with Crippen LogP contribution in [0.15, 0.2) is 152 Å². The molecule has 0 unspecified atom stereocenters. The normalized spacial score (nSPS) is 11.5. The van der Waals surface area contributed by atoms with Crippen LogP contribution >= 0.6 is 6.89 Å². The molecule has 5 nitrogen and oxygen atoms in total. The van der Waals surface area contributed by atoms with Gasteiger partial charge in [-0.3, -0.25) is 4.79 Å². The van der Waals surface area contributed by atoms with Gasteiger partial charge in [0.1, 0.15) is 18.0 Å². The zero-order valence-electron chi connectivity index (χ0n) is 24.3. The fraction of sp³-hybridized carbons (Fsp3) is 0.105. The molecule has 0 aromatic heterocycles. The smallest absolute Gasteiger partial charge is 0.407 e. The molecule has 5 aromatic rings. The first-order valence-electron chi connectivity index (χ1n) is 14.5. The van der Waals surface area contributed by atoms with Crippen molar-refractivity contribution < 1.29 is 14.3 Å². The lowest BCUT2D eigenvalue weighted by Crippen LogP contribution is -2.40. The summed E-state index contributed by atoms with van der Waals surface area (Å²) >= 11 is 0. The van der Waals surface area contributed by atoms with Crippen LogP contribution in [-0.2, 0) is 22.6 Å². The van der Waals surface area contributed by atoms with Gasteiger partial charge < -0.3 is 10.1 Å². The molecule has 218 valence electrons. The number of benzene rings is 5. The Hall–Kier alpha value is -5.17. The maximum absolute atomic E-state index is 14.5. The number of ketones is 1. The number of amides is 1. The molecule has 0 aliphatic rings. The second-order valence-electron chi connectivity index (χ2n) is 10.4. The number of ether oxygens (including phenoxy) is 1. The summed E-state index contributed by atoms with van der Waals surface area (Å²) in [5, 5.41) is 16.7. The van der Waals surface area contributed by atoms with Crippen molar-refractivity contribution in [1.29, 1.82) is 5.26 Å². The standard InChI is InChI=1S/C38H33N2O3P/c39-28-37(44(33-20-10-3-11-21-33,34-22-12-4-13-23-34)35-24-14-5-15-25-35)36(41)27-32(26-30-16-6-1-7-17-30)40-38(42)43-29-31-18-8-2-9-19-31/h1-25,32H,26-27,29H2,(H,40,42)/t32-/m0/s1. The van der Waals surface area contributed by atoms with Crippen molar-refractivity contribution in [3.05, 3.63) is 163 Å². The van der Waals surface area contributed by atoms with Gasteiger partial charge in [0.25, 0.3) is 0 Å². The van der Waals surface area contributed by atoms with E-state index >= 15 is 0 Å². The predicted molar refractivity (Wildman–Crippen MR) is 179 cm³/mol. The van der Waals surface area contributed by atoms with E-state index in [4.69, 9.17) is 4.74 Å². The molecule has 0 saturated carbocycles. The first-order valence-corrected chi connectivity index (χ1v) is 16.3. The lowest BCUT2D eigenvalue weighted by atomic mass is 10.0. The highest BCUT2D eigenvalue weighted by atomic mass is 31.2. The van der Waals surface area contributed by atoms with E-state index in [9.17, 15) is 14.9 Å². The van der Waals surface area contributed by atoms with E-state index < -0.39 is 19.0 Å². The highest BCUT2D eigenvalue weighted by Gasteiger charge is 2.34. The first kappa shape index (κ1) is 30.3. The van der Waals surface area contributed by atoms with Crippen molar-refractivity contribution >= 4 is 40.0 Å². The number of carbonyl (C=O) groups is 2. The van der Waals surface area contributed by atoms with E-state index in [0.717, 1.165) is 27.0 Å². The third kappa shape index (κ3) is 7.06. The molecule has 0 aliphatic heterocycles. The molecular formula is C38H33N2O3P. The van der Waals surface area contributed by atoms with Gasteiger partial charge in [0.15, 0.2) is 5.78 Å². The van der Waals surface area contributed by atoms with E-state index in [0.29, 0.717) is 6.42 Å². The molecule has 0 fully saturated rings. The summed E-state index contributed by atoms with van der Waals surface area (Å²) in [4.78, 5) is 27.5. The van der Waals surface area contributed by atoms with E-state index in [1.54, 1.807) is 0 Å². The molecule has 0 saturated heterocycles. The molecule has 0 aliphatic carbocycles. The maximum atomic E-state index is 14.5. The van der Waals surface area contributed by atoms with Gasteiger partial charge >= 0.3 is 6.09 Å². The molecule has 5 rings (SSSR count). The Morgan fingerprint density at radius 2 is 1.05 bits per heavy atom. The van der Waals surface area contributed by atoms with Crippen LogP contribution in [0, 0.1) is 11.3 Å². The van der Waals surface area contributed by atoms with E-state index in [1.165, 1.54) is 0 Å². The molecule has 5 aromatic carbocycles. The highest BCUT2D eigenvalue weighted by molar-refractivity contribution is 7.96. The third-order valence-electron chi connectivity index (χ3n) is 7.43. The Balaban J connectivity index is 1.58. The minimum Gasteiger partial charge on any atom is -0.445 e. The topological polar surface area (TPSA) is 79.2 Å². The average Bonchev–Trinajstić information content (AvgIpc) is 3.08. The van der Waals surface area contributed by atoms with Crippen molar-refractivity contribution in [1.82, 2.24) is 5.32 Å². The van der Waals surface area contributed by atoms with Crippen LogP contribution in [0.1, 0.15) is 17.5 Å². The molecule has 1 N–H and O–H groups in total. The molecule has 44 heavy (non-hydrogen) atoms. The van der Waals surface area contributed by atoms with Crippen LogP contribution in [0.3, 0.4) is 0 Å². The van der Waals surface area contributed by atoms with Crippen LogP contribution in [0.4, 0.5) is 4.79 Å². The Bertz CT molecular complexity index is 1670. The first-order chi connectivity index (χ1) is 21.6. The summed E-state index contributed by atoms with van der Waals surface area (Å²) in [6, 6.07) is 50.3. The lowest BCUT2D eigenvalue weighted by molar-refractivity contribution is -0.113. The Morgan fingerprint density at radius 1 is 0.636 bits per heavy atom. The molecule has 0 radical (unpaired) electrons. The zero-order chi connectivity index (χ0) is 30.6. The van der Waals surface area contributed by atoms with E-state index in [2.05, 4.69) is 11.4 Å². The number of nitrogens with one attached hydrogen (secondary N) is 1. The Kier molecular flexibility index (Phi) is 10.2. The number of carbonyl (C=O) groups excluding carboxylic acids is 2. The molecule has 1 atom stereocenters. The molecule has 6 heteroatoms. The van der Waals surface area contributed by atoms with Gasteiger partial charge in [0.05, 0.1) is 0 Å². The molecule has 1 amide bonds. The van der Waals surface area contributed by atoms with Crippen molar-refractivity contribution in [3.63, 3.8) is 0 Å². The van der Waals surface area contributed by atoms with Crippen LogP contribution in [0.5, 0.6) is 0 Å². The van der Waals surface area contributed by atoms with Crippen molar-refractivity contribution in [2.45, 2.75) is 25.5 Å².